The first kappa shape index (κ1) is 20.8. The summed E-state index contributed by atoms with van der Waals surface area (Å²) in [7, 11) is 0. The molecule has 148 valence electrons. The summed E-state index contributed by atoms with van der Waals surface area (Å²) in [6.45, 7) is 0.494. The molecule has 0 bridgehead atoms. The summed E-state index contributed by atoms with van der Waals surface area (Å²) in [5, 5.41) is 9.66. The first-order valence-electron chi connectivity index (χ1n) is 9.03. The molecule has 3 atom stereocenters. The van der Waals surface area contributed by atoms with Crippen LogP contribution in [0.4, 0.5) is 0 Å². The first-order chi connectivity index (χ1) is 13.5. The number of aromatic nitrogens is 1. The molecule has 0 saturated carbocycles. The third-order valence-electron chi connectivity index (χ3n) is 4.52. The van der Waals surface area contributed by atoms with Crippen LogP contribution in [0.3, 0.4) is 0 Å². The molecule has 1 saturated heterocycles. The van der Waals surface area contributed by atoms with Crippen molar-refractivity contribution in [2.45, 2.75) is 31.7 Å². The van der Waals surface area contributed by atoms with Crippen LogP contribution in [0.2, 0.25) is 10.0 Å². The van der Waals surface area contributed by atoms with Gasteiger partial charge in [0.05, 0.1) is 22.8 Å². The molecule has 2 heterocycles. The van der Waals surface area contributed by atoms with E-state index in [-0.39, 0.29) is 18.4 Å². The largest absolute Gasteiger partial charge is 0.481 e. The average Bonchev–Trinajstić information content (AvgIpc) is 2.70. The molecular weight excluding hydrogens is 401 g/mol. The number of pyridine rings is 1. The lowest BCUT2D eigenvalue weighted by Gasteiger charge is -2.36. The van der Waals surface area contributed by atoms with E-state index in [0.29, 0.717) is 29.5 Å². The first-order valence-corrected chi connectivity index (χ1v) is 9.79. The molecule has 0 spiro atoms. The molecule has 3 rings (SSSR count). The van der Waals surface area contributed by atoms with Gasteiger partial charge in [0.25, 0.3) is 0 Å². The van der Waals surface area contributed by atoms with Crippen LogP contribution in [0.1, 0.15) is 42.8 Å². The molecule has 0 unspecified atom stereocenters. The molecule has 28 heavy (non-hydrogen) atoms. The van der Waals surface area contributed by atoms with E-state index in [9.17, 15) is 4.79 Å². The van der Waals surface area contributed by atoms with Gasteiger partial charge in [-0.2, -0.15) is 0 Å². The van der Waals surface area contributed by atoms with Gasteiger partial charge in [-0.25, -0.2) is 0 Å². The van der Waals surface area contributed by atoms with Crippen LogP contribution in [0.25, 0.3) is 0 Å². The van der Waals surface area contributed by atoms with Crippen molar-refractivity contribution >= 4 is 29.2 Å². The van der Waals surface area contributed by atoms with Crippen LogP contribution < -0.4 is 0 Å². The van der Waals surface area contributed by atoms with Gasteiger partial charge in [-0.05, 0) is 36.6 Å². The Kier molecular flexibility index (Phi) is 7.45. The van der Waals surface area contributed by atoms with Gasteiger partial charge in [-0.1, -0.05) is 47.5 Å². The lowest BCUT2D eigenvalue weighted by atomic mass is 9.92. The van der Waals surface area contributed by atoms with Crippen LogP contribution in [0.5, 0.6) is 0 Å². The van der Waals surface area contributed by atoms with Gasteiger partial charge in [-0.3, -0.25) is 9.78 Å². The van der Waals surface area contributed by atoms with Crippen molar-refractivity contribution in [3.8, 4) is 0 Å². The van der Waals surface area contributed by atoms with Gasteiger partial charge in [0, 0.05) is 30.3 Å². The van der Waals surface area contributed by atoms with Gasteiger partial charge in [0.1, 0.15) is 0 Å². The fourth-order valence-corrected chi connectivity index (χ4v) is 3.40. The normalized spacial score (nSPS) is 22.4. The molecule has 2 aromatic rings. The van der Waals surface area contributed by atoms with E-state index in [1.54, 1.807) is 24.5 Å². The quantitative estimate of drug-likeness (QED) is 0.588. The summed E-state index contributed by atoms with van der Waals surface area (Å²) in [6, 6.07) is 9.17. The van der Waals surface area contributed by atoms with Gasteiger partial charge in [-0.15, -0.1) is 0 Å². The summed E-state index contributed by atoms with van der Waals surface area (Å²) in [4.78, 5) is 14.8. The number of hydrogen-bond acceptors (Lipinski definition) is 4. The second-order valence-electron chi connectivity index (χ2n) is 6.58. The van der Waals surface area contributed by atoms with Gasteiger partial charge < -0.3 is 14.6 Å². The zero-order valence-corrected chi connectivity index (χ0v) is 16.6. The predicted molar refractivity (Wildman–Crippen MR) is 107 cm³/mol. The Hall–Kier alpha value is -1.92. The Morgan fingerprint density at radius 1 is 1.21 bits per heavy atom. The Morgan fingerprint density at radius 2 is 2.07 bits per heavy atom. The lowest BCUT2D eigenvalue weighted by Crippen LogP contribution is -2.30. The molecule has 0 amide bonds. The third-order valence-corrected chi connectivity index (χ3v) is 5.26. The van der Waals surface area contributed by atoms with Gasteiger partial charge >= 0.3 is 5.97 Å². The van der Waals surface area contributed by atoms with E-state index in [2.05, 4.69) is 4.98 Å². The van der Waals surface area contributed by atoms with Crippen molar-refractivity contribution in [3.05, 3.63) is 76.0 Å². The summed E-state index contributed by atoms with van der Waals surface area (Å²) in [6.07, 6.45) is 7.99. The monoisotopic (exact) mass is 421 g/mol. The fraction of sp³-hybridized carbons (Fsp3) is 0.333. The Balaban J connectivity index is 1.73. The number of aliphatic carboxylic acids is 1. The average molecular weight is 422 g/mol. The zero-order chi connectivity index (χ0) is 19.9. The summed E-state index contributed by atoms with van der Waals surface area (Å²) in [5.41, 5.74) is 1.78. The SMILES string of the molecule is O=C(O)CC/C=C\C[C@H]1CO[C@@H](c2ccc(Cl)c(Cl)c2)O[C@H]1c1cccnc1. The van der Waals surface area contributed by atoms with E-state index < -0.39 is 12.3 Å². The molecule has 1 aliphatic heterocycles. The summed E-state index contributed by atoms with van der Waals surface area (Å²) < 4.78 is 12.2. The number of hydrogen-bond donors (Lipinski definition) is 1. The molecule has 1 aromatic carbocycles. The topological polar surface area (TPSA) is 68.7 Å². The minimum atomic E-state index is -0.799. The van der Waals surface area contributed by atoms with Crippen molar-refractivity contribution < 1.29 is 19.4 Å². The molecule has 1 aromatic heterocycles. The van der Waals surface area contributed by atoms with Crippen LogP contribution in [-0.4, -0.2) is 22.7 Å². The van der Waals surface area contributed by atoms with Crippen molar-refractivity contribution in [2.75, 3.05) is 6.61 Å². The molecule has 1 aliphatic rings. The molecule has 5 nitrogen and oxygen atoms in total. The lowest BCUT2D eigenvalue weighted by molar-refractivity contribution is -0.244. The predicted octanol–water partition coefficient (Wildman–Crippen LogP) is 5.60. The van der Waals surface area contributed by atoms with E-state index in [1.807, 2.05) is 30.4 Å². The highest BCUT2D eigenvalue weighted by molar-refractivity contribution is 6.42. The molecular formula is C21H21Cl2NO4. The smallest absolute Gasteiger partial charge is 0.303 e. The number of carbonyl (C=O) groups is 1. The number of ether oxygens (including phenoxy) is 2. The van der Waals surface area contributed by atoms with E-state index >= 15 is 0 Å². The van der Waals surface area contributed by atoms with Crippen molar-refractivity contribution in [2.24, 2.45) is 5.92 Å². The highest BCUT2D eigenvalue weighted by Gasteiger charge is 2.33. The van der Waals surface area contributed by atoms with E-state index in [4.69, 9.17) is 37.8 Å². The van der Waals surface area contributed by atoms with E-state index in [1.165, 1.54) is 0 Å². The second-order valence-corrected chi connectivity index (χ2v) is 7.40. The maximum absolute atomic E-state index is 10.6. The fourth-order valence-electron chi connectivity index (χ4n) is 3.10. The number of nitrogens with zero attached hydrogens (tertiary/aromatic N) is 1. The zero-order valence-electron chi connectivity index (χ0n) is 15.1. The molecule has 1 N–H and O–H groups in total. The van der Waals surface area contributed by atoms with Crippen molar-refractivity contribution in [1.29, 1.82) is 0 Å². The second kappa shape index (κ2) is 10.0. The van der Waals surface area contributed by atoms with Crippen LogP contribution in [0, 0.1) is 5.92 Å². The Bertz CT molecular complexity index is 828. The standard InChI is InChI=1S/C21H21Cl2NO4/c22-17-9-8-14(11-18(17)23)21-27-13-16(5-2-1-3-7-19(25)26)20(28-21)15-6-4-10-24-12-15/h1-2,4,6,8-12,16,20-21H,3,5,7,13H2,(H,25,26)/b2-1-/t16-,20-,21+/m0/s1. The number of allylic oxidation sites excluding steroid dienone is 2. The molecule has 1 fully saturated rings. The van der Waals surface area contributed by atoms with E-state index in [0.717, 1.165) is 11.1 Å². The molecule has 0 radical (unpaired) electrons. The summed E-state index contributed by atoms with van der Waals surface area (Å²) in [5.74, 6) is -0.712. The van der Waals surface area contributed by atoms with Crippen LogP contribution >= 0.6 is 23.2 Å². The minimum absolute atomic E-state index is 0.0873. The Labute approximate surface area is 173 Å². The Morgan fingerprint density at radius 3 is 2.79 bits per heavy atom. The van der Waals surface area contributed by atoms with Crippen LogP contribution in [-0.2, 0) is 14.3 Å². The number of benzene rings is 1. The van der Waals surface area contributed by atoms with Crippen molar-refractivity contribution in [1.82, 2.24) is 4.98 Å². The van der Waals surface area contributed by atoms with Gasteiger partial charge in [0.2, 0.25) is 0 Å². The number of rotatable bonds is 7. The minimum Gasteiger partial charge on any atom is -0.481 e. The number of carboxylic acid groups (broad SMARTS) is 1. The number of carboxylic acids is 1. The number of halogens is 2. The van der Waals surface area contributed by atoms with Gasteiger partial charge in [0.15, 0.2) is 6.29 Å². The third kappa shape index (κ3) is 5.55. The molecule has 7 heteroatoms. The maximum Gasteiger partial charge on any atom is 0.303 e. The van der Waals surface area contributed by atoms with Crippen LogP contribution in [0.15, 0.2) is 54.9 Å². The maximum atomic E-state index is 10.6. The molecule has 0 aliphatic carbocycles. The summed E-state index contributed by atoms with van der Waals surface area (Å²) >= 11 is 12.1. The van der Waals surface area contributed by atoms with Crippen molar-refractivity contribution in [3.63, 3.8) is 0 Å². The highest BCUT2D eigenvalue weighted by atomic mass is 35.5. The highest BCUT2D eigenvalue weighted by Crippen LogP contribution is 2.40.